The van der Waals surface area contributed by atoms with Crippen LogP contribution in [0.1, 0.15) is 5.56 Å². The number of halogens is 6. The van der Waals surface area contributed by atoms with Gasteiger partial charge >= 0.3 is 10.1 Å². The summed E-state index contributed by atoms with van der Waals surface area (Å²) in [5.41, 5.74) is 0.640. The summed E-state index contributed by atoms with van der Waals surface area (Å²) in [6, 6.07) is 7.81. The zero-order chi connectivity index (χ0) is 26.4. The van der Waals surface area contributed by atoms with Crippen molar-refractivity contribution in [1.29, 1.82) is 5.26 Å². The lowest BCUT2D eigenvalue weighted by Crippen LogP contribution is -2.14. The molecule has 1 aromatic heterocycles. The highest BCUT2D eigenvalue weighted by molar-refractivity contribution is 7.87. The van der Waals surface area contributed by atoms with Crippen molar-refractivity contribution < 1.29 is 39.3 Å². The molecule has 0 radical (unpaired) electrons. The largest absolute Gasteiger partial charge is 0.496 e. The molecule has 4 rings (SSSR count). The van der Waals surface area contributed by atoms with Crippen LogP contribution < -0.4 is 8.92 Å². The molecule has 3 aromatic carbocycles. The zero-order valence-corrected chi connectivity index (χ0v) is 19.2. The third-order valence-corrected chi connectivity index (χ3v) is 6.45. The summed E-state index contributed by atoms with van der Waals surface area (Å²) in [5.74, 6) is -13.9. The second-order valence-electron chi connectivity index (χ2n) is 6.98. The Morgan fingerprint density at radius 1 is 0.944 bits per heavy atom. The molecule has 0 N–H and O–H groups in total. The minimum Gasteiger partial charge on any atom is -0.496 e. The number of hydrogen-bond acceptors (Lipinski definition) is 7. The number of ether oxygens (including phenoxy) is 1. The maximum atomic E-state index is 13.9. The fourth-order valence-corrected chi connectivity index (χ4v) is 4.37. The normalized spacial score (nSPS) is 11.4. The predicted octanol–water partition coefficient (Wildman–Crippen LogP) is 5.29. The summed E-state index contributed by atoms with van der Waals surface area (Å²) in [6.07, 6.45) is 1.07. The molecule has 0 saturated carbocycles. The van der Waals surface area contributed by atoms with Gasteiger partial charge in [-0.05, 0) is 24.3 Å². The lowest BCUT2D eigenvalue weighted by Gasteiger charge is -2.13. The van der Waals surface area contributed by atoms with E-state index >= 15 is 0 Å². The van der Waals surface area contributed by atoms with E-state index in [2.05, 4.69) is 14.2 Å². The Labute approximate surface area is 204 Å². The molecule has 184 valence electrons. The molecule has 0 amide bonds. The maximum Gasteiger partial charge on any atom is 0.339 e. The molecule has 0 bridgehead atoms. The summed E-state index contributed by atoms with van der Waals surface area (Å²) in [4.78, 5) is 7.41. The molecule has 1 heterocycles. The van der Waals surface area contributed by atoms with Gasteiger partial charge in [0.1, 0.15) is 23.0 Å². The van der Waals surface area contributed by atoms with Crippen LogP contribution in [0.5, 0.6) is 11.5 Å². The Hall–Kier alpha value is -4.02. The molecule has 36 heavy (non-hydrogen) atoms. The summed E-state index contributed by atoms with van der Waals surface area (Å²) in [7, 11) is -3.73. The number of aromatic nitrogens is 2. The van der Waals surface area contributed by atoms with Crippen LogP contribution >= 0.6 is 11.6 Å². The van der Waals surface area contributed by atoms with Crippen molar-refractivity contribution in [2.45, 2.75) is 4.90 Å². The van der Waals surface area contributed by atoms with Crippen molar-refractivity contribution in [3.05, 3.63) is 76.3 Å². The van der Waals surface area contributed by atoms with Gasteiger partial charge < -0.3 is 8.92 Å². The highest BCUT2D eigenvalue weighted by atomic mass is 35.5. The van der Waals surface area contributed by atoms with Crippen molar-refractivity contribution in [3.8, 4) is 28.8 Å². The van der Waals surface area contributed by atoms with Crippen molar-refractivity contribution >= 4 is 32.6 Å². The molecular weight excluding hydrogens is 533 g/mol. The van der Waals surface area contributed by atoms with Crippen LogP contribution in [-0.2, 0) is 10.1 Å². The molecule has 0 atom stereocenters. The first-order valence-electron chi connectivity index (χ1n) is 9.48. The molecule has 0 aliphatic rings. The average molecular weight is 542 g/mol. The number of nitriles is 1. The van der Waals surface area contributed by atoms with E-state index in [0.29, 0.717) is 5.56 Å². The van der Waals surface area contributed by atoms with Gasteiger partial charge in [-0.2, -0.15) is 22.5 Å². The number of fused-ring (bicyclic) bond motifs is 1. The van der Waals surface area contributed by atoms with Crippen LogP contribution in [0, 0.1) is 40.4 Å². The minimum absolute atomic E-state index is 0.00223. The molecule has 0 aliphatic heterocycles. The van der Waals surface area contributed by atoms with Gasteiger partial charge in [0.05, 0.1) is 28.9 Å². The number of benzene rings is 3. The van der Waals surface area contributed by atoms with E-state index in [1.54, 1.807) is 0 Å². The summed E-state index contributed by atoms with van der Waals surface area (Å²) in [6.45, 7) is 0. The molecule has 7 nitrogen and oxygen atoms in total. The van der Waals surface area contributed by atoms with Gasteiger partial charge in [-0.1, -0.05) is 11.6 Å². The first-order valence-corrected chi connectivity index (χ1v) is 11.3. The van der Waals surface area contributed by atoms with Crippen LogP contribution in [0.2, 0.25) is 5.02 Å². The SMILES string of the molecule is COc1cc(Cl)c(C#N)cc1-c1ncnc2cc(S(=O)(=O)Oc3c(F)c(F)c(F)c(F)c3F)ccc12. The average Bonchev–Trinajstić information content (AvgIpc) is 2.88. The van der Waals surface area contributed by atoms with Crippen molar-refractivity contribution in [3.63, 3.8) is 0 Å². The third-order valence-electron chi connectivity index (χ3n) is 4.92. The molecule has 0 unspecified atom stereocenters. The summed E-state index contributed by atoms with van der Waals surface area (Å²) >= 11 is 6.04. The van der Waals surface area contributed by atoms with Crippen LogP contribution in [0.3, 0.4) is 0 Å². The Morgan fingerprint density at radius 2 is 1.58 bits per heavy atom. The van der Waals surface area contributed by atoms with E-state index in [-0.39, 0.29) is 32.9 Å². The second-order valence-corrected chi connectivity index (χ2v) is 8.94. The molecule has 0 aliphatic carbocycles. The van der Waals surface area contributed by atoms with Gasteiger partial charge in [0.15, 0.2) is 0 Å². The quantitative estimate of drug-likeness (QED) is 0.146. The van der Waals surface area contributed by atoms with E-state index in [0.717, 1.165) is 18.5 Å². The number of hydrogen-bond donors (Lipinski definition) is 0. The van der Waals surface area contributed by atoms with Gasteiger partial charge in [-0.25, -0.2) is 23.1 Å². The van der Waals surface area contributed by atoms with E-state index in [9.17, 15) is 35.6 Å². The highest BCUT2D eigenvalue weighted by Gasteiger charge is 2.31. The Kier molecular flexibility index (Phi) is 6.42. The van der Waals surface area contributed by atoms with Crippen LogP contribution in [0.15, 0.2) is 41.6 Å². The number of methoxy groups -OCH3 is 1. The minimum atomic E-state index is -5.08. The van der Waals surface area contributed by atoms with Crippen molar-refractivity contribution in [1.82, 2.24) is 9.97 Å². The monoisotopic (exact) mass is 541 g/mol. The molecule has 4 aromatic rings. The van der Waals surface area contributed by atoms with E-state index < -0.39 is 49.8 Å². The number of nitrogens with zero attached hydrogens (tertiary/aromatic N) is 3. The first-order chi connectivity index (χ1) is 17.0. The lowest BCUT2D eigenvalue weighted by molar-refractivity contribution is 0.346. The third kappa shape index (κ3) is 4.14. The second kappa shape index (κ2) is 9.21. The summed E-state index contributed by atoms with van der Waals surface area (Å²) < 4.78 is 103. The maximum absolute atomic E-state index is 13.9. The van der Waals surface area contributed by atoms with Gasteiger partial charge in [-0.3, -0.25) is 0 Å². The molecule has 14 heteroatoms. The molecule has 0 spiro atoms. The van der Waals surface area contributed by atoms with E-state index in [1.165, 1.54) is 25.3 Å². The number of rotatable bonds is 5. The zero-order valence-electron chi connectivity index (χ0n) is 17.6. The van der Waals surface area contributed by atoms with Crippen LogP contribution in [0.25, 0.3) is 22.2 Å². The van der Waals surface area contributed by atoms with E-state index in [1.807, 2.05) is 6.07 Å². The van der Waals surface area contributed by atoms with Crippen LogP contribution in [-0.4, -0.2) is 25.5 Å². The highest BCUT2D eigenvalue weighted by Crippen LogP contribution is 2.37. The smallest absolute Gasteiger partial charge is 0.339 e. The molecule has 0 saturated heterocycles. The van der Waals surface area contributed by atoms with Gasteiger partial charge in [0.2, 0.25) is 34.8 Å². The van der Waals surface area contributed by atoms with Crippen LogP contribution in [0.4, 0.5) is 22.0 Å². The standard InChI is InChI=1S/C22H9ClF5N3O4S/c1-34-15-6-13(23)9(7-29)4-12(15)21-11-3-2-10(5-14(11)30-8-31-21)36(32,33)35-22-19(27)17(25)16(24)18(26)20(22)28/h2-6,8H,1H3. The topological polar surface area (TPSA) is 102 Å². The predicted molar refractivity (Wildman–Crippen MR) is 115 cm³/mol. The summed E-state index contributed by atoms with van der Waals surface area (Å²) in [5, 5.41) is 9.67. The van der Waals surface area contributed by atoms with Gasteiger partial charge in [0.25, 0.3) is 0 Å². The Morgan fingerprint density at radius 3 is 2.19 bits per heavy atom. The molecule has 0 fully saturated rings. The Balaban J connectivity index is 1.83. The lowest BCUT2D eigenvalue weighted by atomic mass is 10.0. The van der Waals surface area contributed by atoms with Crippen molar-refractivity contribution in [2.75, 3.05) is 7.11 Å². The fourth-order valence-electron chi connectivity index (χ4n) is 3.22. The van der Waals surface area contributed by atoms with Crippen molar-refractivity contribution in [2.24, 2.45) is 0 Å². The molecular formula is C22H9ClF5N3O4S. The van der Waals surface area contributed by atoms with Gasteiger partial charge in [0, 0.05) is 17.0 Å². The fraction of sp³-hybridized carbons (Fsp3) is 0.0455. The first kappa shape index (κ1) is 25.1. The van der Waals surface area contributed by atoms with E-state index in [4.69, 9.17) is 16.3 Å². The Bertz CT molecular complexity index is 1680. The van der Waals surface area contributed by atoms with Gasteiger partial charge in [-0.15, -0.1) is 0 Å².